The van der Waals surface area contributed by atoms with Crippen molar-refractivity contribution in [2.45, 2.75) is 91.6 Å². The molecule has 0 amide bonds. The minimum absolute atomic E-state index is 0.0272. The summed E-state index contributed by atoms with van der Waals surface area (Å²) in [7, 11) is 0. The molecule has 0 radical (unpaired) electrons. The zero-order chi connectivity index (χ0) is 31.1. The molecule has 0 aromatic heterocycles. The normalized spacial score (nSPS) is 38.3. The van der Waals surface area contributed by atoms with E-state index >= 15 is 0 Å². The van der Waals surface area contributed by atoms with Crippen LogP contribution in [0.5, 0.6) is 5.75 Å². The van der Waals surface area contributed by atoms with Crippen molar-refractivity contribution >= 4 is 28.9 Å². The lowest BCUT2D eigenvalue weighted by molar-refractivity contribution is -0.224. The van der Waals surface area contributed by atoms with E-state index in [9.17, 15) is 34.2 Å². The minimum Gasteiger partial charge on any atom is -0.507 e. The fraction of sp³-hybridized carbons (Fsp3) is 0.629. The number of aliphatic hydroxyl groups is 1. The Morgan fingerprint density at radius 3 is 2.24 bits per heavy atom. The van der Waals surface area contributed by atoms with Gasteiger partial charge in [-0.25, -0.2) is 0 Å². The van der Waals surface area contributed by atoms with Gasteiger partial charge in [-0.05, 0) is 60.5 Å². The molecule has 7 nitrogen and oxygen atoms in total. The highest BCUT2D eigenvalue weighted by atomic mass is 16.3. The van der Waals surface area contributed by atoms with E-state index in [-0.39, 0.29) is 11.3 Å². The molecule has 0 spiro atoms. The summed E-state index contributed by atoms with van der Waals surface area (Å²) < 4.78 is 0. The molecule has 3 saturated carbocycles. The lowest BCUT2D eigenvalue weighted by Crippen LogP contribution is -2.80. The first-order valence-corrected chi connectivity index (χ1v) is 15.4. The monoisotopic (exact) mass is 576 g/mol. The van der Waals surface area contributed by atoms with Crippen LogP contribution in [0, 0.1) is 46.3 Å². The van der Waals surface area contributed by atoms with Crippen LogP contribution in [0.1, 0.15) is 102 Å². The molecule has 8 atom stereocenters. The average Bonchev–Trinajstić information content (AvgIpc) is 3.40. The zero-order valence-corrected chi connectivity index (χ0v) is 25.7. The second-order valence-corrected chi connectivity index (χ2v) is 14.4. The Labute approximate surface area is 248 Å². The van der Waals surface area contributed by atoms with Gasteiger partial charge in [-0.1, -0.05) is 84.6 Å². The summed E-state index contributed by atoms with van der Waals surface area (Å²) in [5.41, 5.74) is -3.94. The minimum atomic E-state index is -2.74. The molecular formula is C35H44O7. The van der Waals surface area contributed by atoms with Gasteiger partial charge in [0.05, 0.1) is 11.5 Å². The number of allylic oxidation sites excluding steroid dienone is 1. The van der Waals surface area contributed by atoms with Crippen LogP contribution in [0.2, 0.25) is 0 Å². The Kier molecular flexibility index (Phi) is 7.32. The van der Waals surface area contributed by atoms with Gasteiger partial charge in [-0.3, -0.25) is 24.0 Å². The number of rotatable bonds is 6. The van der Waals surface area contributed by atoms with Gasteiger partial charge in [0.15, 0.2) is 28.7 Å². The van der Waals surface area contributed by atoms with Gasteiger partial charge in [-0.2, -0.15) is 0 Å². The third-order valence-corrected chi connectivity index (χ3v) is 12.0. The first kappa shape index (κ1) is 30.5. The Morgan fingerprint density at radius 1 is 1.05 bits per heavy atom. The number of ketones is 5. The highest BCUT2D eigenvalue weighted by Crippen LogP contribution is 2.70. The van der Waals surface area contributed by atoms with E-state index in [1.165, 1.54) is 6.07 Å². The molecule has 0 saturated heterocycles. The van der Waals surface area contributed by atoms with Crippen LogP contribution in [-0.2, 0) is 19.2 Å². The summed E-state index contributed by atoms with van der Waals surface area (Å²) in [4.78, 5) is 70.1. The third-order valence-electron chi connectivity index (χ3n) is 12.0. The zero-order valence-electron chi connectivity index (χ0n) is 25.7. The number of carbonyl (C=O) groups is 5. The average molecular weight is 577 g/mol. The van der Waals surface area contributed by atoms with Crippen LogP contribution < -0.4 is 0 Å². The lowest BCUT2D eigenvalue weighted by atomic mass is 9.34. The standard InChI is InChI=1S/C35H44O7/c1-17(2)27-29(38)25(20(5)36)31(40)35(42)32(41)28-30(39)26-22(13-10-14-23(26)37)19(4)33(28,6)24(34(27,35)7)16-18(3)15-21-11-8-9-12-21/h10,13-14,17,19,21,24-25,27-28,37,42H,3,8-9,11-12,15-16H2,1-2,4-7H3/t19-,24-,25?,27?,28?,33-,34-,35+/m1/s1. The van der Waals surface area contributed by atoms with Crippen LogP contribution in [0.25, 0.3) is 0 Å². The van der Waals surface area contributed by atoms with Crippen LogP contribution in [0.3, 0.4) is 0 Å². The molecule has 1 aromatic carbocycles. The van der Waals surface area contributed by atoms with Crippen LogP contribution >= 0.6 is 0 Å². The molecule has 42 heavy (non-hydrogen) atoms. The number of phenols is 1. The number of benzene rings is 1. The van der Waals surface area contributed by atoms with Gasteiger partial charge < -0.3 is 10.2 Å². The molecule has 3 fully saturated rings. The molecule has 0 bridgehead atoms. The number of hydrogen-bond donors (Lipinski definition) is 2. The smallest absolute Gasteiger partial charge is 0.190 e. The van der Waals surface area contributed by atoms with E-state index in [4.69, 9.17) is 0 Å². The van der Waals surface area contributed by atoms with Crippen LogP contribution in [0.15, 0.2) is 30.4 Å². The second kappa shape index (κ2) is 10.1. The van der Waals surface area contributed by atoms with Crippen molar-refractivity contribution in [2.75, 3.05) is 0 Å². The maximum absolute atomic E-state index is 14.7. The molecule has 4 aliphatic carbocycles. The SMILES string of the molecule is C=C(CC1CCCC1)C[C@@H]1[C@]2(C)C(C(=O)c3c(O)cccc3[C@H]2C)C(=O)[C@@]2(O)C(=O)C(C(C)=O)C(=O)C(C(C)C)[C@@]12C. The molecule has 1 aromatic rings. The molecule has 4 aliphatic rings. The Balaban J connectivity index is 1.80. The van der Waals surface area contributed by atoms with Crippen molar-refractivity contribution in [3.8, 4) is 5.75 Å². The summed E-state index contributed by atoms with van der Waals surface area (Å²) in [6.45, 7) is 14.6. The first-order chi connectivity index (χ1) is 19.6. The van der Waals surface area contributed by atoms with Crippen molar-refractivity contribution < 1.29 is 34.2 Å². The molecule has 0 aliphatic heterocycles. The summed E-state index contributed by atoms with van der Waals surface area (Å²) in [6.07, 6.45) is 5.57. The van der Waals surface area contributed by atoms with E-state index in [1.54, 1.807) is 19.1 Å². The highest BCUT2D eigenvalue weighted by Gasteiger charge is 2.80. The molecular weight excluding hydrogens is 532 g/mol. The quantitative estimate of drug-likeness (QED) is 0.343. The number of phenolic OH excluding ortho intramolecular Hbond substituents is 1. The van der Waals surface area contributed by atoms with Crippen molar-refractivity contribution in [3.63, 3.8) is 0 Å². The fourth-order valence-electron chi connectivity index (χ4n) is 9.95. The third kappa shape index (κ3) is 3.77. The predicted octanol–water partition coefficient (Wildman–Crippen LogP) is 5.41. The molecule has 5 rings (SSSR count). The maximum Gasteiger partial charge on any atom is 0.190 e. The Bertz CT molecular complexity index is 1400. The maximum atomic E-state index is 14.7. The van der Waals surface area contributed by atoms with Crippen molar-refractivity contribution in [2.24, 2.45) is 46.3 Å². The summed E-state index contributed by atoms with van der Waals surface area (Å²) in [5, 5.41) is 23.4. The number of Topliss-reactive ketones (excluding diaryl/α,β-unsaturated/α-hetero) is 5. The number of hydrogen-bond acceptors (Lipinski definition) is 7. The molecule has 226 valence electrons. The molecule has 7 heteroatoms. The van der Waals surface area contributed by atoms with E-state index in [0.29, 0.717) is 17.9 Å². The van der Waals surface area contributed by atoms with Crippen molar-refractivity contribution in [1.82, 2.24) is 0 Å². The number of carbonyl (C=O) groups excluding carboxylic acids is 5. The fourth-order valence-corrected chi connectivity index (χ4v) is 9.95. The van der Waals surface area contributed by atoms with Gasteiger partial charge in [0.2, 0.25) is 0 Å². The van der Waals surface area contributed by atoms with Gasteiger partial charge in [-0.15, -0.1) is 0 Å². The molecule has 3 unspecified atom stereocenters. The predicted molar refractivity (Wildman–Crippen MR) is 157 cm³/mol. The van der Waals surface area contributed by atoms with E-state index < -0.39 is 80.9 Å². The number of fused-ring (bicyclic) bond motifs is 3. The summed E-state index contributed by atoms with van der Waals surface area (Å²) >= 11 is 0. The second-order valence-electron chi connectivity index (χ2n) is 14.4. The highest BCUT2D eigenvalue weighted by molar-refractivity contribution is 6.32. The lowest BCUT2D eigenvalue weighted by Gasteiger charge is -2.67. The topological polar surface area (TPSA) is 126 Å². The van der Waals surface area contributed by atoms with Crippen molar-refractivity contribution in [3.05, 3.63) is 41.5 Å². The van der Waals surface area contributed by atoms with Gasteiger partial charge in [0, 0.05) is 11.3 Å². The Hall–Kier alpha value is -2.93. The van der Waals surface area contributed by atoms with Gasteiger partial charge in [0.1, 0.15) is 17.5 Å². The van der Waals surface area contributed by atoms with Gasteiger partial charge >= 0.3 is 0 Å². The van der Waals surface area contributed by atoms with Gasteiger partial charge in [0.25, 0.3) is 0 Å². The van der Waals surface area contributed by atoms with Crippen LogP contribution in [-0.4, -0.2) is 44.7 Å². The molecule has 0 heterocycles. The summed E-state index contributed by atoms with van der Waals surface area (Å²) in [6, 6.07) is 4.84. The van der Waals surface area contributed by atoms with E-state index in [1.807, 2.05) is 27.7 Å². The van der Waals surface area contributed by atoms with E-state index in [0.717, 1.165) is 44.6 Å². The molecule has 2 N–H and O–H groups in total. The van der Waals surface area contributed by atoms with Crippen LogP contribution in [0.4, 0.5) is 0 Å². The van der Waals surface area contributed by atoms with E-state index in [2.05, 4.69) is 6.58 Å². The first-order valence-electron chi connectivity index (χ1n) is 15.4. The van der Waals surface area contributed by atoms with Crippen molar-refractivity contribution in [1.29, 1.82) is 0 Å². The Morgan fingerprint density at radius 2 is 1.67 bits per heavy atom. The number of aromatic hydroxyl groups is 1. The summed E-state index contributed by atoms with van der Waals surface area (Å²) in [5.74, 6) is -9.56. The largest absolute Gasteiger partial charge is 0.507 e.